The summed E-state index contributed by atoms with van der Waals surface area (Å²) in [5.41, 5.74) is 1.79. The zero-order chi connectivity index (χ0) is 6.95. The van der Waals surface area contributed by atoms with E-state index >= 15 is 0 Å². The van der Waals surface area contributed by atoms with Gasteiger partial charge in [0.15, 0.2) is 0 Å². The number of aromatic nitrogens is 1. The number of carbonyl (C=O) groups is 1. The first-order valence-electron chi connectivity index (χ1n) is 2.35. The van der Waals surface area contributed by atoms with E-state index in [9.17, 15) is 0 Å². The Bertz CT molecular complexity index is 112. The first-order valence-corrected chi connectivity index (χ1v) is 3.29. The number of nitrogens with zero attached hydrogens (tertiary/aromatic N) is 1. The molecule has 0 saturated carbocycles. The van der Waals surface area contributed by atoms with Gasteiger partial charge in [-0.15, -0.1) is 11.3 Å². The molecule has 50 valence electrons. The molecule has 1 N–H and O–H groups in total. The minimum absolute atomic E-state index is 0.625. The molecule has 0 aliphatic rings. The molecule has 0 fully saturated rings. The molecule has 1 aromatic heterocycles. The Morgan fingerprint density at radius 3 is 2.56 bits per heavy atom. The Morgan fingerprint density at radius 2 is 2.44 bits per heavy atom. The zero-order valence-corrected chi connectivity index (χ0v) is 5.89. The first-order chi connectivity index (χ1) is 4.41. The molecule has 0 radical (unpaired) electrons. The van der Waals surface area contributed by atoms with E-state index in [4.69, 9.17) is 4.79 Å². The average molecular weight is 144 g/mol. The van der Waals surface area contributed by atoms with Crippen LogP contribution in [-0.4, -0.2) is 18.4 Å². The Kier molecular flexibility index (Phi) is 6.39. The smallest absolute Gasteiger partial charge is 0.206 e. The number of nitrogens with one attached hydrogen (secondary N) is 1. The molecule has 0 aliphatic heterocycles. The summed E-state index contributed by atoms with van der Waals surface area (Å²) in [5.74, 6) is 0. The standard InChI is InChI=1S/C3H3NS.C2H5NO/c1-2-5-3-4-1;1-3-2-4/h1-3H;2H,1H3,(H,3,4). The van der Waals surface area contributed by atoms with E-state index in [1.807, 2.05) is 5.38 Å². The van der Waals surface area contributed by atoms with Crippen molar-refractivity contribution < 1.29 is 4.79 Å². The van der Waals surface area contributed by atoms with Crippen molar-refractivity contribution in [3.05, 3.63) is 17.1 Å². The maximum absolute atomic E-state index is 9.06. The van der Waals surface area contributed by atoms with Crippen LogP contribution in [0.25, 0.3) is 0 Å². The molecule has 1 aromatic rings. The van der Waals surface area contributed by atoms with Crippen molar-refractivity contribution in [1.29, 1.82) is 0 Å². The highest BCUT2D eigenvalue weighted by molar-refractivity contribution is 7.07. The molecule has 1 heterocycles. The van der Waals surface area contributed by atoms with Crippen molar-refractivity contribution in [3.8, 4) is 0 Å². The summed E-state index contributed by atoms with van der Waals surface area (Å²) in [4.78, 5) is 12.8. The van der Waals surface area contributed by atoms with E-state index in [2.05, 4.69) is 10.3 Å². The van der Waals surface area contributed by atoms with Gasteiger partial charge in [-0.3, -0.25) is 9.78 Å². The molecule has 1 rings (SSSR count). The summed E-state index contributed by atoms with van der Waals surface area (Å²) in [6, 6.07) is 0. The molecule has 0 unspecified atom stereocenters. The minimum Gasteiger partial charge on any atom is -0.362 e. The van der Waals surface area contributed by atoms with E-state index in [0.717, 1.165) is 0 Å². The second-order valence-corrected chi connectivity index (χ2v) is 1.84. The fraction of sp³-hybridized carbons (Fsp3) is 0.200. The number of amides is 1. The van der Waals surface area contributed by atoms with Crippen LogP contribution < -0.4 is 5.32 Å². The molecule has 0 spiro atoms. The number of thiazole rings is 1. The summed E-state index contributed by atoms with van der Waals surface area (Å²) in [6.45, 7) is 0. The van der Waals surface area contributed by atoms with Crippen molar-refractivity contribution >= 4 is 17.7 Å². The van der Waals surface area contributed by atoms with Gasteiger partial charge in [-0.1, -0.05) is 0 Å². The van der Waals surface area contributed by atoms with Crippen LogP contribution in [0.3, 0.4) is 0 Å². The first kappa shape index (κ1) is 8.10. The summed E-state index contributed by atoms with van der Waals surface area (Å²) in [5, 5.41) is 4.18. The van der Waals surface area contributed by atoms with Gasteiger partial charge < -0.3 is 5.32 Å². The van der Waals surface area contributed by atoms with Crippen molar-refractivity contribution in [2.24, 2.45) is 0 Å². The fourth-order valence-electron chi connectivity index (χ4n) is 0.176. The maximum atomic E-state index is 9.06. The minimum atomic E-state index is 0.625. The van der Waals surface area contributed by atoms with Gasteiger partial charge in [-0.05, 0) is 0 Å². The summed E-state index contributed by atoms with van der Waals surface area (Å²) < 4.78 is 0. The highest BCUT2D eigenvalue weighted by Gasteiger charge is 1.59. The molecule has 0 saturated heterocycles. The van der Waals surface area contributed by atoms with Gasteiger partial charge in [0.1, 0.15) is 0 Å². The second kappa shape index (κ2) is 7.10. The summed E-state index contributed by atoms with van der Waals surface area (Å²) >= 11 is 1.60. The van der Waals surface area contributed by atoms with E-state index in [0.29, 0.717) is 6.41 Å². The molecule has 0 aliphatic carbocycles. The Morgan fingerprint density at radius 1 is 1.78 bits per heavy atom. The van der Waals surface area contributed by atoms with Gasteiger partial charge >= 0.3 is 0 Å². The number of carbonyl (C=O) groups excluding carboxylic acids is 1. The van der Waals surface area contributed by atoms with Crippen LogP contribution in [-0.2, 0) is 4.79 Å². The van der Waals surface area contributed by atoms with Gasteiger partial charge in [-0.2, -0.15) is 0 Å². The average Bonchev–Trinajstić information content (AvgIpc) is 2.43. The zero-order valence-electron chi connectivity index (χ0n) is 5.07. The highest BCUT2D eigenvalue weighted by Crippen LogP contribution is 1.85. The van der Waals surface area contributed by atoms with Crippen molar-refractivity contribution in [1.82, 2.24) is 10.3 Å². The molecule has 1 amide bonds. The molecule has 9 heavy (non-hydrogen) atoms. The predicted molar refractivity (Wildman–Crippen MR) is 37.2 cm³/mol. The maximum Gasteiger partial charge on any atom is 0.206 e. The Labute approximate surface area is 57.7 Å². The van der Waals surface area contributed by atoms with E-state index in [1.54, 1.807) is 30.1 Å². The second-order valence-electron chi connectivity index (χ2n) is 1.08. The van der Waals surface area contributed by atoms with Crippen LogP contribution in [0.5, 0.6) is 0 Å². The summed E-state index contributed by atoms with van der Waals surface area (Å²) in [6.07, 6.45) is 2.39. The van der Waals surface area contributed by atoms with Crippen LogP contribution in [0, 0.1) is 0 Å². The van der Waals surface area contributed by atoms with Crippen molar-refractivity contribution in [2.75, 3.05) is 7.05 Å². The lowest BCUT2D eigenvalue weighted by Gasteiger charge is -1.64. The lowest BCUT2D eigenvalue weighted by Crippen LogP contribution is -1.98. The molecular weight excluding hydrogens is 136 g/mol. The monoisotopic (exact) mass is 144 g/mol. The quantitative estimate of drug-likeness (QED) is 0.583. The normalized spacial score (nSPS) is 6.78. The molecule has 0 aromatic carbocycles. The van der Waals surface area contributed by atoms with Gasteiger partial charge in [0, 0.05) is 18.6 Å². The van der Waals surface area contributed by atoms with E-state index in [-0.39, 0.29) is 0 Å². The molecule has 4 heteroatoms. The third-order valence-electron chi connectivity index (χ3n) is 0.465. The fourth-order valence-corrected chi connectivity index (χ4v) is 0.527. The summed E-state index contributed by atoms with van der Waals surface area (Å²) in [7, 11) is 1.56. The highest BCUT2D eigenvalue weighted by atomic mass is 32.1. The van der Waals surface area contributed by atoms with Crippen LogP contribution in [0.4, 0.5) is 0 Å². The van der Waals surface area contributed by atoms with E-state index in [1.165, 1.54) is 0 Å². The predicted octanol–water partition coefficient (Wildman–Crippen LogP) is 0.505. The lowest BCUT2D eigenvalue weighted by atomic mass is 11.0. The molecule has 3 nitrogen and oxygen atoms in total. The van der Waals surface area contributed by atoms with Crippen LogP contribution >= 0.6 is 11.3 Å². The van der Waals surface area contributed by atoms with E-state index < -0.39 is 0 Å². The SMILES string of the molecule is CNC=O.c1cscn1. The van der Waals surface area contributed by atoms with Crippen LogP contribution in [0.1, 0.15) is 0 Å². The molecule has 0 bridgehead atoms. The lowest BCUT2D eigenvalue weighted by molar-refractivity contribution is -0.109. The van der Waals surface area contributed by atoms with Gasteiger partial charge in [0.05, 0.1) is 5.51 Å². The number of hydrogen-bond acceptors (Lipinski definition) is 3. The van der Waals surface area contributed by atoms with Crippen LogP contribution in [0.15, 0.2) is 17.1 Å². The third-order valence-corrected chi connectivity index (χ3v) is 0.987. The van der Waals surface area contributed by atoms with Gasteiger partial charge in [-0.25, -0.2) is 0 Å². The number of hydrogen-bond donors (Lipinski definition) is 1. The topological polar surface area (TPSA) is 42.0 Å². The number of rotatable bonds is 1. The van der Waals surface area contributed by atoms with Gasteiger partial charge in [0.2, 0.25) is 6.41 Å². The largest absolute Gasteiger partial charge is 0.362 e. The molecular formula is C5H8N2OS. The third kappa shape index (κ3) is 7.10. The van der Waals surface area contributed by atoms with Gasteiger partial charge in [0.25, 0.3) is 0 Å². The van der Waals surface area contributed by atoms with Crippen LogP contribution in [0.2, 0.25) is 0 Å². The van der Waals surface area contributed by atoms with Crippen molar-refractivity contribution in [3.63, 3.8) is 0 Å². The van der Waals surface area contributed by atoms with Crippen molar-refractivity contribution in [2.45, 2.75) is 0 Å². The molecule has 0 atom stereocenters. The Hall–Kier alpha value is -0.900. The Balaban J connectivity index is 0.000000148.